The van der Waals surface area contributed by atoms with Crippen LogP contribution in [-0.4, -0.2) is 18.6 Å². The predicted molar refractivity (Wildman–Crippen MR) is 55.6 cm³/mol. The van der Waals surface area contributed by atoms with Gasteiger partial charge in [0, 0.05) is 5.56 Å². The lowest BCUT2D eigenvalue weighted by atomic mass is 10.00. The number of halogens is 5. The molecule has 1 heterocycles. The maximum absolute atomic E-state index is 13.4. The molecule has 0 amide bonds. The molecule has 0 aliphatic rings. The molecule has 7 heteroatoms. The fraction of sp³-hybridized carbons (Fsp3) is 0.636. The molecule has 0 bridgehead atoms. The van der Waals surface area contributed by atoms with Crippen LogP contribution >= 0.6 is 0 Å². The van der Waals surface area contributed by atoms with Gasteiger partial charge in [-0.3, -0.25) is 0 Å². The Bertz CT molecular complexity index is 410. The van der Waals surface area contributed by atoms with Crippen LogP contribution in [0.4, 0.5) is 22.0 Å². The molecule has 1 aromatic heterocycles. The summed E-state index contributed by atoms with van der Waals surface area (Å²) >= 11 is 0. The average molecular weight is 271 g/mol. The van der Waals surface area contributed by atoms with Crippen LogP contribution in [0.25, 0.3) is 0 Å². The monoisotopic (exact) mass is 271 g/mol. The van der Waals surface area contributed by atoms with E-state index in [1.165, 1.54) is 26.8 Å². The number of furan rings is 1. The Hall–Kier alpha value is -1.11. The molecular formula is C11H14F5NO. The maximum Gasteiger partial charge on any atom is 0.455 e. The van der Waals surface area contributed by atoms with Crippen molar-refractivity contribution in [3.63, 3.8) is 0 Å². The minimum absolute atomic E-state index is 0.0139. The van der Waals surface area contributed by atoms with Crippen LogP contribution in [0.2, 0.25) is 0 Å². The van der Waals surface area contributed by atoms with Crippen LogP contribution in [0, 0.1) is 13.8 Å². The number of hydrogen-bond donors (Lipinski definition) is 1. The summed E-state index contributed by atoms with van der Waals surface area (Å²) in [6, 6.07) is -0.942. The summed E-state index contributed by atoms with van der Waals surface area (Å²) < 4.78 is 69.1. The zero-order valence-corrected chi connectivity index (χ0v) is 10.2. The van der Waals surface area contributed by atoms with Gasteiger partial charge >= 0.3 is 12.1 Å². The molecule has 0 fully saturated rings. The number of nitrogens with one attached hydrogen (secondary N) is 1. The van der Waals surface area contributed by atoms with Crippen molar-refractivity contribution in [3.05, 3.63) is 23.2 Å². The molecule has 0 aromatic carbocycles. The van der Waals surface area contributed by atoms with E-state index in [2.05, 4.69) is 5.32 Å². The van der Waals surface area contributed by atoms with Gasteiger partial charge in [-0.15, -0.1) is 0 Å². The van der Waals surface area contributed by atoms with Crippen molar-refractivity contribution < 1.29 is 26.4 Å². The summed E-state index contributed by atoms with van der Waals surface area (Å²) in [5.74, 6) is -4.50. The first-order chi connectivity index (χ1) is 8.11. The molecule has 1 rings (SSSR count). The Morgan fingerprint density at radius 2 is 1.78 bits per heavy atom. The van der Waals surface area contributed by atoms with Crippen LogP contribution < -0.4 is 5.32 Å². The van der Waals surface area contributed by atoms with E-state index in [-0.39, 0.29) is 17.9 Å². The zero-order valence-electron chi connectivity index (χ0n) is 10.2. The van der Waals surface area contributed by atoms with E-state index in [1.54, 1.807) is 0 Å². The molecule has 0 aliphatic carbocycles. The molecule has 0 saturated heterocycles. The van der Waals surface area contributed by atoms with Crippen molar-refractivity contribution >= 4 is 0 Å². The first-order valence-corrected chi connectivity index (χ1v) is 5.36. The predicted octanol–water partition coefficient (Wildman–Crippen LogP) is 3.74. The standard InChI is InChI=1S/C11H14F5NO/c1-4-17-9(10(12,13)11(14,15)16)8-5-6(2)18-7(8)3/h5,9,17H,4H2,1-3H3. The smallest absolute Gasteiger partial charge is 0.455 e. The summed E-state index contributed by atoms with van der Waals surface area (Å²) in [4.78, 5) is 0. The minimum Gasteiger partial charge on any atom is -0.466 e. The van der Waals surface area contributed by atoms with Crippen LogP contribution in [0.1, 0.15) is 30.0 Å². The fourth-order valence-electron chi connectivity index (χ4n) is 1.74. The lowest BCUT2D eigenvalue weighted by molar-refractivity contribution is -0.294. The first-order valence-electron chi connectivity index (χ1n) is 5.36. The van der Waals surface area contributed by atoms with Crippen molar-refractivity contribution in [2.75, 3.05) is 6.54 Å². The van der Waals surface area contributed by atoms with Crippen molar-refractivity contribution in [3.8, 4) is 0 Å². The largest absolute Gasteiger partial charge is 0.466 e. The molecule has 0 spiro atoms. The molecule has 1 atom stereocenters. The van der Waals surface area contributed by atoms with E-state index in [0.717, 1.165) is 0 Å². The highest BCUT2D eigenvalue weighted by Gasteiger charge is 2.63. The van der Waals surface area contributed by atoms with Gasteiger partial charge in [0.15, 0.2) is 0 Å². The van der Waals surface area contributed by atoms with E-state index < -0.39 is 18.1 Å². The highest BCUT2D eigenvalue weighted by Crippen LogP contribution is 2.45. The summed E-state index contributed by atoms with van der Waals surface area (Å²) in [7, 11) is 0. The Morgan fingerprint density at radius 3 is 2.11 bits per heavy atom. The van der Waals surface area contributed by atoms with Crippen molar-refractivity contribution in [2.45, 2.75) is 38.9 Å². The lowest BCUT2D eigenvalue weighted by Gasteiger charge is -2.29. The van der Waals surface area contributed by atoms with Gasteiger partial charge in [-0.25, -0.2) is 0 Å². The number of rotatable bonds is 4. The molecule has 1 aromatic rings. The van der Waals surface area contributed by atoms with Gasteiger partial charge in [0.1, 0.15) is 17.6 Å². The Morgan fingerprint density at radius 1 is 1.22 bits per heavy atom. The quantitative estimate of drug-likeness (QED) is 0.844. The molecule has 0 saturated carbocycles. The highest BCUT2D eigenvalue weighted by atomic mass is 19.4. The van der Waals surface area contributed by atoms with E-state index in [9.17, 15) is 22.0 Å². The normalized spacial score (nSPS) is 14.9. The topological polar surface area (TPSA) is 25.2 Å². The maximum atomic E-state index is 13.4. The summed E-state index contributed by atoms with van der Waals surface area (Å²) in [5, 5.41) is 2.17. The Labute approximate surface area is 101 Å². The zero-order chi connectivity index (χ0) is 14.1. The van der Waals surface area contributed by atoms with Gasteiger partial charge in [-0.1, -0.05) is 6.92 Å². The Balaban J connectivity index is 3.22. The lowest BCUT2D eigenvalue weighted by Crippen LogP contribution is -2.48. The average Bonchev–Trinajstić information content (AvgIpc) is 2.52. The minimum atomic E-state index is -5.61. The van der Waals surface area contributed by atoms with Crippen LogP contribution in [0.3, 0.4) is 0 Å². The van der Waals surface area contributed by atoms with Gasteiger partial charge in [-0.05, 0) is 26.5 Å². The summed E-state index contributed by atoms with van der Waals surface area (Å²) in [5.41, 5.74) is -0.170. The summed E-state index contributed by atoms with van der Waals surface area (Å²) in [6.07, 6.45) is -5.61. The van der Waals surface area contributed by atoms with Gasteiger partial charge in [0.2, 0.25) is 0 Å². The molecule has 2 nitrogen and oxygen atoms in total. The molecule has 0 aliphatic heterocycles. The SMILES string of the molecule is CCNC(c1cc(C)oc1C)C(F)(F)C(F)(F)F. The molecule has 18 heavy (non-hydrogen) atoms. The molecule has 0 radical (unpaired) electrons. The highest BCUT2D eigenvalue weighted by molar-refractivity contribution is 5.26. The third-order valence-corrected chi connectivity index (χ3v) is 2.54. The second kappa shape index (κ2) is 4.87. The van der Waals surface area contributed by atoms with Crippen LogP contribution in [0.5, 0.6) is 0 Å². The van der Waals surface area contributed by atoms with Crippen LogP contribution in [0.15, 0.2) is 10.5 Å². The number of aryl methyl sites for hydroxylation is 2. The van der Waals surface area contributed by atoms with Gasteiger partial charge < -0.3 is 9.73 Å². The molecule has 104 valence electrons. The molecular weight excluding hydrogens is 257 g/mol. The van der Waals surface area contributed by atoms with E-state index in [1.807, 2.05) is 0 Å². The van der Waals surface area contributed by atoms with Crippen LogP contribution in [-0.2, 0) is 0 Å². The fourth-order valence-corrected chi connectivity index (χ4v) is 1.74. The van der Waals surface area contributed by atoms with Gasteiger partial charge in [0.25, 0.3) is 0 Å². The molecule has 1 N–H and O–H groups in total. The van der Waals surface area contributed by atoms with Crippen molar-refractivity contribution in [2.24, 2.45) is 0 Å². The van der Waals surface area contributed by atoms with Gasteiger partial charge in [-0.2, -0.15) is 22.0 Å². The van der Waals surface area contributed by atoms with Gasteiger partial charge in [0.05, 0.1) is 0 Å². The second-order valence-electron chi connectivity index (χ2n) is 3.98. The number of hydrogen-bond acceptors (Lipinski definition) is 2. The first kappa shape index (κ1) is 14.9. The third-order valence-electron chi connectivity index (χ3n) is 2.54. The number of alkyl halides is 5. The van der Waals surface area contributed by atoms with Crippen molar-refractivity contribution in [1.82, 2.24) is 5.32 Å². The van der Waals surface area contributed by atoms with E-state index >= 15 is 0 Å². The van der Waals surface area contributed by atoms with E-state index in [4.69, 9.17) is 4.42 Å². The molecule has 1 unspecified atom stereocenters. The van der Waals surface area contributed by atoms with E-state index in [0.29, 0.717) is 5.76 Å². The van der Waals surface area contributed by atoms with Crippen molar-refractivity contribution in [1.29, 1.82) is 0 Å². The third kappa shape index (κ3) is 2.66. The second-order valence-corrected chi connectivity index (χ2v) is 3.98. The summed E-state index contributed by atoms with van der Waals surface area (Å²) in [6.45, 7) is 4.30. The Kier molecular flexibility index (Phi) is 4.05.